The molecule has 5 radical (unpaired) electrons. The number of carbonyl (C=O) groups excluding carboxylic acids is 6. The maximum Gasteiger partial charge on any atom is 1.00 e. The predicted molar refractivity (Wildman–Crippen MR) is 521 cm³/mol. The van der Waals surface area contributed by atoms with Crippen molar-refractivity contribution >= 4 is 107 Å². The van der Waals surface area contributed by atoms with Crippen LogP contribution in [-0.2, 0) is 63.7 Å². The van der Waals surface area contributed by atoms with Crippen molar-refractivity contribution in [1.82, 2.24) is 85.6 Å². The topological polar surface area (TPSA) is 479 Å². The molecule has 5 aromatic heterocycles. The molecule has 12 saturated heterocycles. The molecule has 26 rings (SSSR count). The summed E-state index contributed by atoms with van der Waals surface area (Å²) in [6.45, 7) is 17.8. The van der Waals surface area contributed by atoms with Crippen molar-refractivity contribution in [1.29, 1.82) is 0 Å². The summed E-state index contributed by atoms with van der Waals surface area (Å²) in [6, 6.07) is 36.3. The molecule has 12 bridgehead atoms. The van der Waals surface area contributed by atoms with E-state index >= 15 is 0 Å². The minimum atomic E-state index is -4.73. The number of piperidine rings is 6. The quantitative estimate of drug-likeness (QED) is 0.0109. The van der Waals surface area contributed by atoms with Gasteiger partial charge in [-0.25, -0.2) is 33.8 Å². The van der Waals surface area contributed by atoms with Gasteiger partial charge in [-0.3, -0.25) is 28.8 Å². The Hall–Kier alpha value is -9.45. The molecule has 6 saturated carbocycles. The molecule has 0 unspecified atom stereocenters. The van der Waals surface area contributed by atoms with Gasteiger partial charge in [0.15, 0.2) is 0 Å². The van der Waals surface area contributed by atoms with Crippen LogP contribution in [0.5, 0.6) is 0 Å². The van der Waals surface area contributed by atoms with Crippen LogP contribution < -0.4 is 79.0 Å². The largest absolute Gasteiger partial charge is 1.00 e. The molecule has 4 N–H and O–H groups in total. The van der Waals surface area contributed by atoms with Crippen LogP contribution in [0.1, 0.15) is 206 Å². The third-order valence-corrected chi connectivity index (χ3v) is 34.8. The Balaban J connectivity index is 0.000000129. The molecule has 18 fully saturated rings. The summed E-state index contributed by atoms with van der Waals surface area (Å²) in [4.78, 5) is 104. The van der Waals surface area contributed by atoms with Gasteiger partial charge in [-0.05, 0) is 165 Å². The SMILES string of the molecule is C.C.C#C[Si](C)(C)C.C[Si](C)(C)c1cc([C@@H]2CC3(CC3)[C@@H]3CN2C(=O)N3OCc2ccccc2)no1.O=C1N(O)[C@H]2CN1[C@H](c1ccon1)CC21CC1.O=C1N2C[C@H](N1OCc1ccccc1)C1(CC1)C[C@H]2/C=N/O.O=C1N2C[C@H](N1OCc1ccccc1)C1(CC1)C[C@H]2c1ccon1.O=C1N2C[C@H](N1OS(=O)(=O)O)C1(CC1)C[C@H]2c1ccon1.O=C1N2C[C@H](N1OS(=O)(=O)O)C1(CC1)C[C@H]2c1ccon1.[B][B][B].[Cs+].[F-]. The Kier molecular flexibility index (Phi) is 33.0. The normalized spacial score (nSPS) is 26.8. The van der Waals surface area contributed by atoms with Crippen molar-refractivity contribution in [2.75, 3.05) is 39.3 Å². The summed E-state index contributed by atoms with van der Waals surface area (Å²) in [7, 11) is -2.13. The summed E-state index contributed by atoms with van der Waals surface area (Å²) < 4.78 is 95.7. The van der Waals surface area contributed by atoms with Crippen molar-refractivity contribution in [3.05, 3.63) is 192 Å². The number of urea groups is 6. The number of aromatic nitrogens is 5. The number of hydroxylamine groups is 12. The Labute approximate surface area is 911 Å². The number of hydrogen-bond acceptors (Lipinski definition) is 28. The summed E-state index contributed by atoms with van der Waals surface area (Å²) in [5, 5.41) is 50.3. The average molecular weight is 2200 g/mol. The monoisotopic (exact) mass is 2200 g/mol. The number of fused-ring (bicyclic) bond motifs is 18. The Morgan fingerprint density at radius 2 is 0.692 bits per heavy atom. The number of halogens is 1. The smallest absolute Gasteiger partial charge is 1.00 e. The number of benzene rings is 3. The van der Waals surface area contributed by atoms with E-state index in [0.717, 1.165) is 164 Å². The van der Waals surface area contributed by atoms with E-state index in [4.69, 9.17) is 57.9 Å². The molecule has 773 valence electrons. The zero-order valence-electron chi connectivity index (χ0n) is 81.0. The van der Waals surface area contributed by atoms with E-state index in [1.807, 2.05) is 107 Å². The zero-order chi connectivity index (χ0) is 100. The van der Waals surface area contributed by atoms with E-state index in [1.165, 1.54) is 34.8 Å². The molecule has 146 heavy (non-hydrogen) atoms. The first-order valence-corrected chi connectivity index (χ1v) is 57.7. The van der Waals surface area contributed by atoms with Gasteiger partial charge in [0.25, 0.3) is 0 Å². The van der Waals surface area contributed by atoms with E-state index in [-0.39, 0.29) is 218 Å². The van der Waals surface area contributed by atoms with Crippen LogP contribution in [0.25, 0.3) is 0 Å². The first-order chi connectivity index (χ1) is 67.9. The van der Waals surface area contributed by atoms with Crippen LogP contribution in [-0.4, -0.2) is 285 Å². The molecule has 42 nitrogen and oxygen atoms in total. The van der Waals surface area contributed by atoms with Gasteiger partial charge in [-0.2, -0.15) is 42.2 Å². The van der Waals surface area contributed by atoms with Crippen molar-refractivity contribution in [3.8, 4) is 12.0 Å². The summed E-state index contributed by atoms with van der Waals surface area (Å²) in [5.41, 5.74) is 10.0. The van der Waals surface area contributed by atoms with Crippen molar-refractivity contribution < 1.29 is 184 Å². The number of oxime groups is 1. The number of nitrogens with zero attached hydrogens (tertiary/aromatic N) is 18. The first kappa shape index (κ1) is 111. The average Bonchev–Trinajstić information content (AvgIpc) is 1.63. The van der Waals surface area contributed by atoms with Gasteiger partial charge in [0.05, 0.1) is 78.7 Å². The van der Waals surface area contributed by atoms with Gasteiger partial charge >= 0.3 is 126 Å². The van der Waals surface area contributed by atoms with E-state index < -0.39 is 49.0 Å². The van der Waals surface area contributed by atoms with Gasteiger partial charge in [-0.1, -0.05) is 176 Å². The second kappa shape index (κ2) is 43.5. The zero-order valence-corrected chi connectivity index (χ0v) is 90.9. The number of rotatable bonds is 20. The Morgan fingerprint density at radius 3 is 0.959 bits per heavy atom. The molecule has 17 heterocycles. The fraction of sp³-hybridized carbons (Fsp3) is 0.558. The molecule has 3 aromatic carbocycles. The van der Waals surface area contributed by atoms with E-state index in [1.54, 1.807) is 49.5 Å². The molecular weight excluding hydrogens is 2080 g/mol. The maximum absolute atomic E-state index is 13.2. The summed E-state index contributed by atoms with van der Waals surface area (Å²) in [6.07, 6.45) is 30.1. The molecular formula is C95H122B3CsFN18O24S2Si2. The van der Waals surface area contributed by atoms with Crippen molar-refractivity contribution in [2.45, 2.75) is 262 Å². The fourth-order valence-electron chi connectivity index (χ4n) is 22.7. The molecule has 8 aromatic rings. The summed E-state index contributed by atoms with van der Waals surface area (Å²) in [5.74, 6) is 0. The van der Waals surface area contributed by atoms with E-state index in [2.05, 4.69) is 106 Å². The van der Waals surface area contributed by atoms with Gasteiger partial charge < -0.3 is 61.9 Å². The first-order valence-electron chi connectivity index (χ1n) is 48.0. The maximum atomic E-state index is 13.2. The molecule has 51 heteroatoms. The second-order valence-electron chi connectivity index (χ2n) is 42.4. The van der Waals surface area contributed by atoms with E-state index in [0.29, 0.717) is 83.3 Å². The second-order valence-corrected chi connectivity index (χ2v) is 54.2. The number of terminal acetylenes is 1. The molecule has 6 aliphatic carbocycles. The van der Waals surface area contributed by atoms with Crippen LogP contribution in [0.2, 0.25) is 39.3 Å². The minimum absolute atomic E-state index is 0. The Morgan fingerprint density at radius 1 is 0.432 bits per heavy atom. The number of hydrogen-bond donors (Lipinski definition) is 4. The molecule has 18 aliphatic rings. The van der Waals surface area contributed by atoms with Crippen LogP contribution in [0, 0.1) is 44.5 Å². The van der Waals surface area contributed by atoms with Gasteiger partial charge in [0, 0.05) is 92.1 Å². The third kappa shape index (κ3) is 22.8. The molecule has 12 amide bonds. The fourth-order valence-corrected chi connectivity index (χ4v) is 24.4. The van der Waals surface area contributed by atoms with Crippen LogP contribution >= 0.6 is 0 Å². The van der Waals surface area contributed by atoms with Crippen molar-refractivity contribution in [2.24, 2.45) is 37.6 Å². The van der Waals surface area contributed by atoms with Crippen LogP contribution in [0.3, 0.4) is 0 Å². The standard InChI is InChI=1S/C21H27N3O3Si.C18H19N3O3.C16H19N3O3.2C11H13N3O6S.C11H13N3O3.C5H10Si.2CH4.B3.Cs.FH/c1-28(2,3)19-11-16(22-27-19)17-12-21(9-10-21)18-13-23(17)20(25)24(18)26-14-15-7-5-4-6-8-15;22-17-20-11-16(21(17)24-12-13-4-2-1-3-5-13)18(7-8-18)10-15(20)14-6-9-23-19-14;20-15-18-10-14(16(6-7-16)8-13(18)9-17-21)19(15)22-11-12-4-2-1-3-5-12;2*15-10-13-6-9(14(10)20-21(16,17)18)11(2-3-11)5-8(13)7-1-4-19-12-7;15-10-13-6-9(14(10)16)11(2-3-11)5-8(13)7-1-4-17-12-7;1-5-6(2,3)4;;;1-3-2;;/h4-8,11,17-18H,9-10,12-14H2,1-3H3;1-6,9,15-16H,7-8,10-12H2;1-5,9,13-14,21H,6-8,10-11H2;2*1,4,8-9H,2-3,5-6H2,(H,16,17,18);1,4,8-9,16H,2-3,5-6H2;1H,2-4H3;2*1H4;;;1H/q;;;;;;;;;;+1;/p-1/b;;17-9+;;;;;;;;;/t17-,18-;15-,16-;13-,14-;3*8-,9-;;;;;;/m000000....../s1. The van der Waals surface area contributed by atoms with E-state index in [9.17, 15) is 50.8 Å². The Bertz CT molecular complexity index is 6070. The number of amides is 12. The third-order valence-electron chi connectivity index (χ3n) is 31.5. The van der Waals surface area contributed by atoms with Crippen LogP contribution in [0.4, 0.5) is 28.8 Å². The van der Waals surface area contributed by atoms with Gasteiger partial charge in [0.2, 0.25) is 0 Å². The minimum Gasteiger partial charge on any atom is -1.00 e. The molecule has 12 aliphatic heterocycles. The molecule has 12 atom stereocenters. The number of carbonyl (C=O) groups is 6. The van der Waals surface area contributed by atoms with Gasteiger partial charge in [-0.15, -0.1) is 20.5 Å². The van der Waals surface area contributed by atoms with Gasteiger partial charge in [0.1, 0.15) is 94.9 Å². The molecule has 6 spiro atoms. The van der Waals surface area contributed by atoms with Crippen molar-refractivity contribution in [3.63, 3.8) is 0 Å². The predicted octanol–water partition coefficient (Wildman–Crippen LogP) is 7.57. The summed E-state index contributed by atoms with van der Waals surface area (Å²) >= 11 is 0. The van der Waals surface area contributed by atoms with Crippen LogP contribution in [0.15, 0.2) is 174 Å².